The summed E-state index contributed by atoms with van der Waals surface area (Å²) in [6, 6.07) is 9.11. The van der Waals surface area contributed by atoms with Crippen LogP contribution in [0.1, 0.15) is 5.56 Å². The average Bonchev–Trinajstić information content (AvgIpc) is 2.77. The Bertz CT molecular complexity index is 1070. The highest BCUT2D eigenvalue weighted by Gasteiger charge is 2.17. The molecule has 0 aliphatic carbocycles. The summed E-state index contributed by atoms with van der Waals surface area (Å²) in [6.45, 7) is 1.78. The van der Waals surface area contributed by atoms with Crippen molar-refractivity contribution in [1.29, 1.82) is 0 Å². The summed E-state index contributed by atoms with van der Waals surface area (Å²) < 4.78 is 33.7. The Morgan fingerprint density at radius 2 is 1.91 bits per heavy atom. The third-order valence-electron chi connectivity index (χ3n) is 3.48. The van der Waals surface area contributed by atoms with Crippen molar-refractivity contribution in [3.63, 3.8) is 0 Å². The number of nitrogens with one attached hydrogen (secondary N) is 1. The van der Waals surface area contributed by atoms with Gasteiger partial charge < -0.3 is 4.42 Å². The molecule has 23 heavy (non-hydrogen) atoms. The lowest BCUT2D eigenvalue weighted by Crippen LogP contribution is -2.13. The van der Waals surface area contributed by atoms with Crippen LogP contribution in [0.5, 0.6) is 0 Å². The molecule has 0 aliphatic rings. The van der Waals surface area contributed by atoms with Crippen molar-refractivity contribution in [2.75, 3.05) is 4.72 Å². The van der Waals surface area contributed by atoms with Crippen LogP contribution in [-0.2, 0) is 17.1 Å². The molecular weight excluding hydrogens is 340 g/mol. The molecule has 0 saturated carbocycles. The van der Waals surface area contributed by atoms with Crippen molar-refractivity contribution in [3.05, 3.63) is 57.5 Å². The largest absolute Gasteiger partial charge is 0.419 e. The molecular formula is C15H13ClN2O4S. The molecule has 0 saturated heterocycles. The van der Waals surface area contributed by atoms with Crippen molar-refractivity contribution in [2.24, 2.45) is 7.05 Å². The Hall–Kier alpha value is -2.25. The van der Waals surface area contributed by atoms with E-state index >= 15 is 0 Å². The minimum atomic E-state index is -3.80. The fourth-order valence-electron chi connectivity index (χ4n) is 2.20. The third kappa shape index (κ3) is 2.85. The van der Waals surface area contributed by atoms with Crippen LogP contribution in [0.15, 0.2) is 50.5 Å². The monoisotopic (exact) mass is 352 g/mol. The molecule has 0 radical (unpaired) electrons. The Labute approximate surface area is 137 Å². The first-order chi connectivity index (χ1) is 10.8. The van der Waals surface area contributed by atoms with E-state index < -0.39 is 15.8 Å². The van der Waals surface area contributed by atoms with Crippen LogP contribution < -0.4 is 10.5 Å². The van der Waals surface area contributed by atoms with Crippen molar-refractivity contribution >= 4 is 38.4 Å². The normalized spacial score (nSPS) is 11.8. The lowest BCUT2D eigenvalue weighted by molar-refractivity contribution is 0.527. The number of aromatic nitrogens is 1. The Morgan fingerprint density at radius 1 is 1.17 bits per heavy atom. The zero-order chi connectivity index (χ0) is 16.8. The van der Waals surface area contributed by atoms with Crippen LogP contribution in [0.25, 0.3) is 11.1 Å². The quantitative estimate of drug-likeness (QED) is 0.785. The molecule has 2 aromatic carbocycles. The molecule has 8 heteroatoms. The average molecular weight is 353 g/mol. The number of hydrogen-bond donors (Lipinski definition) is 1. The topological polar surface area (TPSA) is 81.3 Å². The SMILES string of the molecule is Cc1cc(NS(=O)(=O)c2ccc3c(c2)oc(=O)n3C)ccc1Cl. The lowest BCUT2D eigenvalue weighted by atomic mass is 10.2. The predicted octanol–water partition coefficient (Wildman–Crippen LogP) is 2.89. The van der Waals surface area contributed by atoms with Gasteiger partial charge in [0.15, 0.2) is 5.58 Å². The van der Waals surface area contributed by atoms with Crippen LogP contribution in [0, 0.1) is 6.92 Å². The van der Waals surface area contributed by atoms with Crippen molar-refractivity contribution < 1.29 is 12.8 Å². The second-order valence-corrected chi connectivity index (χ2v) is 7.22. The summed E-state index contributed by atoms with van der Waals surface area (Å²) in [6.07, 6.45) is 0. The van der Waals surface area contributed by atoms with Gasteiger partial charge in [-0.3, -0.25) is 9.29 Å². The molecule has 0 unspecified atom stereocenters. The van der Waals surface area contributed by atoms with Gasteiger partial charge in [-0.2, -0.15) is 0 Å². The number of halogens is 1. The molecule has 0 aliphatic heterocycles. The van der Waals surface area contributed by atoms with E-state index in [-0.39, 0.29) is 10.5 Å². The molecule has 0 fully saturated rings. The number of sulfonamides is 1. The minimum absolute atomic E-state index is 0.00644. The second kappa shape index (κ2) is 5.43. The number of nitrogens with zero attached hydrogens (tertiary/aromatic N) is 1. The summed E-state index contributed by atoms with van der Waals surface area (Å²) in [7, 11) is -2.25. The Balaban J connectivity index is 2.01. The minimum Gasteiger partial charge on any atom is -0.408 e. The van der Waals surface area contributed by atoms with Crippen LogP contribution in [0.4, 0.5) is 5.69 Å². The molecule has 120 valence electrons. The maximum absolute atomic E-state index is 12.5. The van der Waals surface area contributed by atoms with Gasteiger partial charge in [0.05, 0.1) is 10.4 Å². The summed E-state index contributed by atoms with van der Waals surface area (Å²) in [4.78, 5) is 11.5. The highest BCUT2D eigenvalue weighted by atomic mass is 35.5. The van der Waals surface area contributed by atoms with Gasteiger partial charge in [-0.15, -0.1) is 0 Å². The predicted molar refractivity (Wildman–Crippen MR) is 88.5 cm³/mol. The van der Waals surface area contributed by atoms with E-state index in [1.165, 1.54) is 22.8 Å². The molecule has 1 aromatic heterocycles. The molecule has 0 amide bonds. The molecule has 1 heterocycles. The molecule has 1 N–H and O–H groups in total. The van der Waals surface area contributed by atoms with Crippen LogP contribution in [-0.4, -0.2) is 13.0 Å². The van der Waals surface area contributed by atoms with Gasteiger partial charge in [0.2, 0.25) is 0 Å². The standard InChI is InChI=1S/C15H13ClN2O4S/c1-9-7-10(3-5-12(9)16)17-23(20,21)11-4-6-13-14(8-11)22-15(19)18(13)2/h3-8,17H,1-2H3. The Kier molecular flexibility index (Phi) is 3.69. The Morgan fingerprint density at radius 3 is 2.61 bits per heavy atom. The molecule has 6 nitrogen and oxygen atoms in total. The van der Waals surface area contributed by atoms with Crippen molar-refractivity contribution in [3.8, 4) is 0 Å². The number of fused-ring (bicyclic) bond motifs is 1. The first kappa shape index (κ1) is 15.6. The maximum Gasteiger partial charge on any atom is 0.419 e. The first-order valence-corrected chi connectivity index (χ1v) is 8.52. The van der Waals surface area contributed by atoms with Crippen LogP contribution in [0.2, 0.25) is 5.02 Å². The van der Waals surface area contributed by atoms with Gasteiger partial charge >= 0.3 is 5.76 Å². The summed E-state index contributed by atoms with van der Waals surface area (Å²) >= 11 is 5.93. The van der Waals surface area contributed by atoms with Gasteiger partial charge in [-0.25, -0.2) is 13.2 Å². The second-order valence-electron chi connectivity index (χ2n) is 5.13. The smallest absolute Gasteiger partial charge is 0.408 e. The highest BCUT2D eigenvalue weighted by molar-refractivity contribution is 7.92. The molecule has 3 rings (SSSR count). The van der Waals surface area contributed by atoms with Gasteiger partial charge in [0, 0.05) is 23.8 Å². The van der Waals surface area contributed by atoms with E-state index in [1.807, 2.05) is 0 Å². The number of hydrogen-bond acceptors (Lipinski definition) is 4. The molecule has 0 atom stereocenters. The highest BCUT2D eigenvalue weighted by Crippen LogP contribution is 2.23. The third-order valence-corrected chi connectivity index (χ3v) is 5.29. The van der Waals surface area contributed by atoms with Crippen LogP contribution >= 0.6 is 11.6 Å². The van der Waals surface area contributed by atoms with E-state index in [2.05, 4.69) is 4.72 Å². The van der Waals surface area contributed by atoms with Gasteiger partial charge in [0.1, 0.15) is 0 Å². The number of anilines is 1. The molecule has 3 aromatic rings. The number of oxazole rings is 1. The molecule has 0 spiro atoms. The van der Waals surface area contributed by atoms with Gasteiger partial charge in [-0.05, 0) is 42.8 Å². The lowest BCUT2D eigenvalue weighted by Gasteiger charge is -2.09. The zero-order valence-electron chi connectivity index (χ0n) is 12.3. The van der Waals surface area contributed by atoms with E-state index in [9.17, 15) is 13.2 Å². The zero-order valence-corrected chi connectivity index (χ0v) is 13.9. The number of aryl methyl sites for hydroxylation is 2. The summed E-state index contributed by atoms with van der Waals surface area (Å²) in [5, 5.41) is 0.556. The van der Waals surface area contributed by atoms with Crippen LogP contribution in [0.3, 0.4) is 0 Å². The fourth-order valence-corrected chi connectivity index (χ4v) is 3.39. The van der Waals surface area contributed by atoms with E-state index in [1.54, 1.807) is 32.2 Å². The van der Waals surface area contributed by atoms with E-state index in [4.69, 9.17) is 16.0 Å². The van der Waals surface area contributed by atoms with Crippen molar-refractivity contribution in [2.45, 2.75) is 11.8 Å². The first-order valence-electron chi connectivity index (χ1n) is 6.66. The number of rotatable bonds is 3. The van der Waals surface area contributed by atoms with E-state index in [0.717, 1.165) is 5.56 Å². The fraction of sp³-hybridized carbons (Fsp3) is 0.133. The maximum atomic E-state index is 12.5. The van der Waals surface area contributed by atoms with Gasteiger partial charge in [0.25, 0.3) is 10.0 Å². The summed E-state index contributed by atoms with van der Waals surface area (Å²) in [5.74, 6) is -0.546. The molecule has 0 bridgehead atoms. The van der Waals surface area contributed by atoms with E-state index in [0.29, 0.717) is 16.2 Å². The summed E-state index contributed by atoms with van der Waals surface area (Å²) in [5.41, 5.74) is 1.90. The van der Waals surface area contributed by atoms with Gasteiger partial charge in [-0.1, -0.05) is 11.6 Å². The number of benzene rings is 2. The van der Waals surface area contributed by atoms with Crippen molar-refractivity contribution in [1.82, 2.24) is 4.57 Å².